The van der Waals surface area contributed by atoms with Crippen LogP contribution in [0.3, 0.4) is 0 Å². The molecule has 1 amide bonds. The second-order valence-corrected chi connectivity index (χ2v) is 12.2. The Balaban J connectivity index is 2.78. The van der Waals surface area contributed by atoms with E-state index >= 15 is 0 Å². The smallest absolute Gasteiger partial charge is 0.217 e. The van der Waals surface area contributed by atoms with Crippen LogP contribution in [0.2, 0.25) is 18.1 Å². The Morgan fingerprint density at radius 1 is 1.39 bits per heavy atom. The Hall–Kier alpha value is -1.40. The number of hydrogen-bond donors (Lipinski definition) is 1. The van der Waals surface area contributed by atoms with Crippen LogP contribution in [0, 0.1) is 0 Å². The molecule has 0 aromatic carbocycles. The van der Waals surface area contributed by atoms with Gasteiger partial charge in [-0.25, -0.2) is 4.98 Å². The Bertz CT molecular complexity index is 527. The van der Waals surface area contributed by atoms with E-state index < -0.39 is 8.32 Å². The summed E-state index contributed by atoms with van der Waals surface area (Å²) in [6.07, 6.45) is 2.40. The molecule has 0 aliphatic rings. The molecule has 1 N–H and O–H groups in total. The normalized spacial score (nSPS) is 13.5. The highest BCUT2D eigenvalue weighted by Crippen LogP contribution is 2.36. The first-order valence-electron chi connectivity index (χ1n) is 7.95. The number of carbonyl (C=O) groups is 1. The van der Waals surface area contributed by atoms with Gasteiger partial charge in [0.2, 0.25) is 11.8 Å². The summed E-state index contributed by atoms with van der Waals surface area (Å²) in [5, 5.41) is 3.13. The molecule has 0 saturated carbocycles. The van der Waals surface area contributed by atoms with Crippen LogP contribution in [0.5, 0.6) is 5.88 Å². The lowest BCUT2D eigenvalue weighted by atomic mass is 10.1. The first kappa shape index (κ1) is 19.6. The van der Waals surface area contributed by atoms with Gasteiger partial charge in [-0.15, -0.1) is 0 Å². The molecule has 5 nitrogen and oxygen atoms in total. The molecule has 1 aromatic rings. The van der Waals surface area contributed by atoms with Crippen LogP contribution in [0.25, 0.3) is 0 Å². The Morgan fingerprint density at radius 2 is 2.04 bits per heavy atom. The molecule has 0 bridgehead atoms. The minimum Gasteiger partial charge on any atom is -0.481 e. The van der Waals surface area contributed by atoms with Crippen molar-refractivity contribution >= 4 is 14.2 Å². The van der Waals surface area contributed by atoms with E-state index in [2.05, 4.69) is 44.2 Å². The minimum atomic E-state index is -1.84. The van der Waals surface area contributed by atoms with Gasteiger partial charge in [-0.1, -0.05) is 20.8 Å². The Kier molecular flexibility index (Phi) is 6.77. The van der Waals surface area contributed by atoms with Gasteiger partial charge in [0.25, 0.3) is 0 Å². The molecular formula is C17H30N2O3Si. The Labute approximate surface area is 140 Å². The van der Waals surface area contributed by atoms with Gasteiger partial charge in [-0.2, -0.15) is 0 Å². The molecule has 1 atom stereocenters. The zero-order valence-corrected chi connectivity index (χ0v) is 16.4. The highest BCUT2D eigenvalue weighted by molar-refractivity contribution is 6.74. The van der Waals surface area contributed by atoms with Crippen molar-refractivity contribution in [2.75, 3.05) is 13.7 Å². The van der Waals surface area contributed by atoms with E-state index in [0.29, 0.717) is 18.9 Å². The number of amides is 1. The molecule has 0 spiro atoms. The number of hydrogen-bond acceptors (Lipinski definition) is 4. The maximum atomic E-state index is 11.5. The third-order valence-corrected chi connectivity index (χ3v) is 8.85. The third kappa shape index (κ3) is 6.31. The van der Waals surface area contributed by atoms with Gasteiger partial charge in [0.05, 0.1) is 19.8 Å². The molecule has 0 saturated heterocycles. The molecule has 0 fully saturated rings. The molecule has 0 radical (unpaired) electrons. The van der Waals surface area contributed by atoms with Crippen molar-refractivity contribution in [1.29, 1.82) is 0 Å². The maximum absolute atomic E-state index is 11.5. The van der Waals surface area contributed by atoms with Crippen molar-refractivity contribution in [1.82, 2.24) is 10.3 Å². The summed E-state index contributed by atoms with van der Waals surface area (Å²) in [6.45, 7) is 13.1. The number of methoxy groups -OCH3 is 1. The van der Waals surface area contributed by atoms with Gasteiger partial charge < -0.3 is 14.5 Å². The highest BCUT2D eigenvalue weighted by atomic mass is 28.4. The quantitative estimate of drug-likeness (QED) is 0.776. The number of nitrogens with zero attached hydrogens (tertiary/aromatic N) is 1. The molecule has 6 heteroatoms. The van der Waals surface area contributed by atoms with Gasteiger partial charge in [0.15, 0.2) is 8.32 Å². The minimum absolute atomic E-state index is 0.0464. The maximum Gasteiger partial charge on any atom is 0.217 e. The lowest BCUT2D eigenvalue weighted by Gasteiger charge is -2.37. The largest absolute Gasteiger partial charge is 0.481 e. The molecule has 0 aliphatic carbocycles. The molecule has 23 heavy (non-hydrogen) atoms. The predicted molar refractivity (Wildman–Crippen MR) is 95.2 cm³/mol. The van der Waals surface area contributed by atoms with E-state index in [9.17, 15) is 4.79 Å². The van der Waals surface area contributed by atoms with Gasteiger partial charge in [-0.3, -0.25) is 4.79 Å². The van der Waals surface area contributed by atoms with E-state index in [1.807, 2.05) is 12.1 Å². The predicted octanol–water partition coefficient (Wildman–Crippen LogP) is 3.16. The van der Waals surface area contributed by atoms with Crippen LogP contribution in [0.4, 0.5) is 0 Å². The zero-order valence-electron chi connectivity index (χ0n) is 15.4. The first-order chi connectivity index (χ1) is 10.5. The van der Waals surface area contributed by atoms with Crippen LogP contribution in [-0.4, -0.2) is 39.0 Å². The average molecular weight is 339 g/mol. The fourth-order valence-corrected chi connectivity index (χ4v) is 2.99. The third-order valence-electron chi connectivity index (χ3n) is 4.35. The summed E-state index contributed by atoms with van der Waals surface area (Å²) in [6, 6.07) is 3.76. The first-order valence-corrected chi connectivity index (χ1v) is 10.9. The summed E-state index contributed by atoms with van der Waals surface area (Å²) in [5.41, 5.74) is 1.06. The standard InChI is InChI=1S/C17H30N2O3Si/c1-13(20)19-15(12-22-23(6,7)17(2,3)4)10-14-8-9-18-16(11-14)21-5/h8-9,11,15H,10,12H2,1-7H3,(H,19,20). The van der Waals surface area contributed by atoms with E-state index in [-0.39, 0.29) is 17.0 Å². The monoisotopic (exact) mass is 338 g/mol. The van der Waals surface area contributed by atoms with Gasteiger partial charge in [0.1, 0.15) is 0 Å². The Morgan fingerprint density at radius 3 is 2.57 bits per heavy atom. The second kappa shape index (κ2) is 7.92. The van der Waals surface area contributed by atoms with Gasteiger partial charge in [0, 0.05) is 19.2 Å². The molecular weight excluding hydrogens is 308 g/mol. The summed E-state index contributed by atoms with van der Waals surface area (Å²) in [4.78, 5) is 15.6. The van der Waals surface area contributed by atoms with Crippen molar-refractivity contribution in [3.8, 4) is 5.88 Å². The molecule has 0 aliphatic heterocycles. The summed E-state index contributed by atoms with van der Waals surface area (Å²) in [5.74, 6) is 0.532. The van der Waals surface area contributed by atoms with Crippen LogP contribution in [-0.2, 0) is 15.6 Å². The fourth-order valence-electron chi connectivity index (χ4n) is 1.94. The average Bonchev–Trinajstić information content (AvgIpc) is 2.43. The van der Waals surface area contributed by atoms with Crippen molar-refractivity contribution in [2.45, 2.75) is 58.3 Å². The number of aromatic nitrogens is 1. The van der Waals surface area contributed by atoms with Crippen LogP contribution < -0.4 is 10.1 Å². The number of pyridine rings is 1. The number of carbonyl (C=O) groups excluding carboxylic acids is 1. The molecule has 1 rings (SSSR count). The van der Waals surface area contributed by atoms with Gasteiger partial charge in [-0.05, 0) is 36.2 Å². The molecule has 1 aromatic heterocycles. The second-order valence-electron chi connectivity index (χ2n) is 7.38. The number of ether oxygens (including phenoxy) is 1. The molecule has 130 valence electrons. The molecule has 1 unspecified atom stereocenters. The zero-order chi connectivity index (χ0) is 17.7. The number of rotatable bonds is 7. The summed E-state index contributed by atoms with van der Waals surface area (Å²) < 4.78 is 11.4. The van der Waals surface area contributed by atoms with Crippen molar-refractivity contribution < 1.29 is 14.0 Å². The summed E-state index contributed by atoms with van der Waals surface area (Å²) >= 11 is 0. The van der Waals surface area contributed by atoms with E-state index in [4.69, 9.17) is 9.16 Å². The van der Waals surface area contributed by atoms with Crippen molar-refractivity contribution in [2.24, 2.45) is 0 Å². The van der Waals surface area contributed by atoms with E-state index in [0.717, 1.165) is 5.56 Å². The van der Waals surface area contributed by atoms with E-state index in [1.165, 1.54) is 6.92 Å². The van der Waals surface area contributed by atoms with Crippen molar-refractivity contribution in [3.05, 3.63) is 23.9 Å². The van der Waals surface area contributed by atoms with Crippen LogP contribution >= 0.6 is 0 Å². The van der Waals surface area contributed by atoms with Crippen LogP contribution in [0.1, 0.15) is 33.3 Å². The SMILES string of the molecule is COc1cc(CC(CO[Si](C)(C)C(C)(C)C)NC(C)=O)ccn1. The number of nitrogens with one attached hydrogen (secondary N) is 1. The lowest BCUT2D eigenvalue weighted by Crippen LogP contribution is -2.46. The van der Waals surface area contributed by atoms with Gasteiger partial charge >= 0.3 is 0 Å². The fraction of sp³-hybridized carbons (Fsp3) is 0.647. The lowest BCUT2D eigenvalue weighted by molar-refractivity contribution is -0.119. The topological polar surface area (TPSA) is 60.5 Å². The summed E-state index contributed by atoms with van der Waals surface area (Å²) in [7, 11) is -0.247. The van der Waals surface area contributed by atoms with Crippen molar-refractivity contribution in [3.63, 3.8) is 0 Å². The molecule has 1 heterocycles. The van der Waals surface area contributed by atoms with E-state index in [1.54, 1.807) is 13.3 Å². The highest BCUT2D eigenvalue weighted by Gasteiger charge is 2.37. The van der Waals surface area contributed by atoms with Crippen LogP contribution in [0.15, 0.2) is 18.3 Å².